The van der Waals surface area contributed by atoms with E-state index in [-0.39, 0.29) is 24.3 Å². The molecular formula is C22H21F3N4O2. The number of carbonyl (C=O) groups is 1. The zero-order valence-electron chi connectivity index (χ0n) is 16.7. The molecule has 4 rings (SSSR count). The molecule has 1 aliphatic heterocycles. The molecule has 0 aliphatic carbocycles. The molecule has 0 saturated heterocycles. The highest BCUT2D eigenvalue weighted by Crippen LogP contribution is 2.44. The van der Waals surface area contributed by atoms with Gasteiger partial charge in [-0.25, -0.2) is 4.68 Å². The van der Waals surface area contributed by atoms with Gasteiger partial charge < -0.3 is 15.4 Å². The molecule has 3 aromatic rings. The number of hydrogen-bond donors (Lipinski definition) is 2. The number of hydrogen-bond acceptors (Lipinski definition) is 4. The van der Waals surface area contributed by atoms with E-state index in [0.717, 1.165) is 10.2 Å². The van der Waals surface area contributed by atoms with Crippen molar-refractivity contribution in [1.82, 2.24) is 15.1 Å². The lowest BCUT2D eigenvalue weighted by atomic mass is 9.96. The number of benzene rings is 2. The summed E-state index contributed by atoms with van der Waals surface area (Å²) in [5.41, 5.74) is 1.62. The zero-order valence-corrected chi connectivity index (χ0v) is 16.7. The predicted molar refractivity (Wildman–Crippen MR) is 109 cm³/mol. The van der Waals surface area contributed by atoms with Gasteiger partial charge in [-0.05, 0) is 23.3 Å². The monoisotopic (exact) mass is 430 g/mol. The number of ether oxygens (including phenoxy) is 1. The van der Waals surface area contributed by atoms with Gasteiger partial charge in [0, 0.05) is 13.0 Å². The maximum Gasteiger partial charge on any atom is 0.410 e. The number of alkyl halides is 3. The Labute approximate surface area is 177 Å². The third-order valence-corrected chi connectivity index (χ3v) is 5.30. The third kappa shape index (κ3) is 4.35. The van der Waals surface area contributed by atoms with E-state index in [1.165, 1.54) is 6.20 Å². The molecule has 31 heavy (non-hydrogen) atoms. The highest BCUT2D eigenvalue weighted by molar-refractivity contribution is 5.98. The van der Waals surface area contributed by atoms with Crippen molar-refractivity contribution >= 4 is 11.7 Å². The van der Waals surface area contributed by atoms with Crippen LogP contribution < -0.4 is 15.4 Å². The van der Waals surface area contributed by atoms with Crippen molar-refractivity contribution < 1.29 is 22.7 Å². The molecule has 2 atom stereocenters. The van der Waals surface area contributed by atoms with Gasteiger partial charge in [-0.2, -0.15) is 18.3 Å². The first-order valence-corrected chi connectivity index (χ1v) is 9.73. The number of carbonyl (C=O) groups excluding carboxylic acids is 1. The lowest BCUT2D eigenvalue weighted by Gasteiger charge is -2.34. The highest BCUT2D eigenvalue weighted by atomic mass is 19.4. The van der Waals surface area contributed by atoms with E-state index >= 15 is 0 Å². The van der Waals surface area contributed by atoms with Gasteiger partial charge >= 0.3 is 6.18 Å². The second-order valence-corrected chi connectivity index (χ2v) is 7.28. The van der Waals surface area contributed by atoms with Crippen molar-refractivity contribution in [3.8, 4) is 5.75 Å². The number of nitrogens with one attached hydrogen (secondary N) is 2. The Hall–Kier alpha value is -3.49. The number of amides is 1. The van der Waals surface area contributed by atoms with Gasteiger partial charge in [0.05, 0.1) is 19.3 Å². The minimum absolute atomic E-state index is 0.0645. The number of halogens is 3. The normalized spacial score (nSPS) is 18.1. The van der Waals surface area contributed by atoms with Crippen LogP contribution in [-0.2, 0) is 6.54 Å². The van der Waals surface area contributed by atoms with Gasteiger partial charge in [-0.1, -0.05) is 42.5 Å². The fraction of sp³-hybridized carbons (Fsp3) is 0.273. The second kappa shape index (κ2) is 8.33. The van der Waals surface area contributed by atoms with E-state index in [1.807, 2.05) is 0 Å². The fourth-order valence-corrected chi connectivity index (χ4v) is 3.65. The van der Waals surface area contributed by atoms with Crippen LogP contribution in [0.4, 0.5) is 19.0 Å². The highest BCUT2D eigenvalue weighted by Gasteiger charge is 2.47. The quantitative estimate of drug-likeness (QED) is 0.626. The first-order valence-electron chi connectivity index (χ1n) is 9.73. The molecule has 1 amide bonds. The molecule has 1 aromatic heterocycles. The topological polar surface area (TPSA) is 68.2 Å². The predicted octanol–water partition coefficient (Wildman–Crippen LogP) is 4.48. The minimum atomic E-state index is -4.49. The average Bonchev–Trinajstić information content (AvgIpc) is 3.21. The van der Waals surface area contributed by atoms with Crippen LogP contribution in [0, 0.1) is 0 Å². The molecular weight excluding hydrogens is 409 g/mol. The Balaban J connectivity index is 1.57. The fourth-order valence-electron chi connectivity index (χ4n) is 3.65. The van der Waals surface area contributed by atoms with Crippen molar-refractivity contribution in [2.24, 2.45) is 0 Å². The summed E-state index contributed by atoms with van der Waals surface area (Å²) in [6, 6.07) is 13.6. The van der Waals surface area contributed by atoms with Crippen molar-refractivity contribution in [1.29, 1.82) is 0 Å². The van der Waals surface area contributed by atoms with Crippen LogP contribution in [0.3, 0.4) is 0 Å². The summed E-state index contributed by atoms with van der Waals surface area (Å²) in [4.78, 5) is 12.8. The van der Waals surface area contributed by atoms with E-state index in [2.05, 4.69) is 15.7 Å². The lowest BCUT2D eigenvalue weighted by Crippen LogP contribution is -2.36. The molecule has 0 unspecified atom stereocenters. The maximum absolute atomic E-state index is 13.8. The average molecular weight is 430 g/mol. The number of fused-ring (bicyclic) bond motifs is 1. The summed E-state index contributed by atoms with van der Waals surface area (Å²) in [7, 11) is 1.56. The van der Waals surface area contributed by atoms with Gasteiger partial charge in [-0.15, -0.1) is 0 Å². The second-order valence-electron chi connectivity index (χ2n) is 7.28. The molecule has 0 saturated carbocycles. The number of rotatable bonds is 5. The lowest BCUT2D eigenvalue weighted by molar-refractivity contribution is -0.173. The van der Waals surface area contributed by atoms with Gasteiger partial charge in [-0.3, -0.25) is 4.79 Å². The van der Waals surface area contributed by atoms with Gasteiger partial charge in [0.25, 0.3) is 5.91 Å². The van der Waals surface area contributed by atoms with Gasteiger partial charge in [0.1, 0.15) is 17.1 Å². The molecule has 0 fully saturated rings. The van der Waals surface area contributed by atoms with Crippen LogP contribution in [-0.4, -0.2) is 29.0 Å². The van der Waals surface area contributed by atoms with Crippen LogP contribution in [0.1, 0.15) is 40.0 Å². The summed E-state index contributed by atoms with van der Waals surface area (Å²) in [5.74, 6) is 0.254. The molecule has 0 radical (unpaired) electrons. The number of methoxy groups -OCH3 is 1. The zero-order chi connectivity index (χ0) is 22.0. The SMILES string of the molecule is COc1ccc(CNC(=O)c2cnn3c2N[C@H](c2ccccc2)C[C@@H]3C(F)(F)F)cc1. The van der Waals surface area contributed by atoms with Crippen molar-refractivity contribution in [2.45, 2.75) is 31.2 Å². The maximum atomic E-state index is 13.8. The van der Waals surface area contributed by atoms with E-state index in [9.17, 15) is 18.0 Å². The number of anilines is 1. The van der Waals surface area contributed by atoms with Crippen LogP contribution >= 0.6 is 0 Å². The standard InChI is InChI=1S/C22H21F3N4O2/c1-31-16-9-7-14(8-10-16)12-26-21(30)17-13-27-29-19(22(23,24)25)11-18(28-20(17)29)15-5-3-2-4-6-15/h2-10,13,18-19,28H,11-12H2,1H3,(H,26,30)/t18-,19+/m0/s1. The molecule has 0 bridgehead atoms. The van der Waals surface area contributed by atoms with Crippen LogP contribution in [0.5, 0.6) is 5.75 Å². The first kappa shape index (κ1) is 20.8. The number of aromatic nitrogens is 2. The molecule has 6 nitrogen and oxygen atoms in total. The summed E-state index contributed by atoms with van der Waals surface area (Å²) < 4.78 is 47.2. The Morgan fingerprint density at radius 2 is 1.90 bits per heavy atom. The molecule has 9 heteroatoms. The van der Waals surface area contributed by atoms with Crippen molar-refractivity contribution in [3.63, 3.8) is 0 Å². The smallest absolute Gasteiger partial charge is 0.410 e. The summed E-state index contributed by atoms with van der Waals surface area (Å²) in [6.07, 6.45) is -3.53. The van der Waals surface area contributed by atoms with E-state index in [4.69, 9.17) is 4.74 Å². The summed E-state index contributed by atoms with van der Waals surface area (Å²) in [6.45, 7) is 0.220. The van der Waals surface area contributed by atoms with E-state index < -0.39 is 24.2 Å². The Morgan fingerprint density at radius 1 is 1.19 bits per heavy atom. The molecule has 2 aromatic carbocycles. The van der Waals surface area contributed by atoms with Crippen LogP contribution in [0.2, 0.25) is 0 Å². The molecule has 0 spiro atoms. The molecule has 2 N–H and O–H groups in total. The summed E-state index contributed by atoms with van der Waals surface area (Å²) in [5, 5.41) is 9.71. The van der Waals surface area contributed by atoms with Crippen LogP contribution in [0.15, 0.2) is 60.8 Å². The van der Waals surface area contributed by atoms with E-state index in [0.29, 0.717) is 11.3 Å². The summed E-state index contributed by atoms with van der Waals surface area (Å²) >= 11 is 0. The Morgan fingerprint density at radius 3 is 2.55 bits per heavy atom. The Bertz CT molecular complexity index is 1050. The molecule has 2 heterocycles. The van der Waals surface area contributed by atoms with Gasteiger partial charge in [0.2, 0.25) is 0 Å². The van der Waals surface area contributed by atoms with Crippen LogP contribution in [0.25, 0.3) is 0 Å². The molecule has 1 aliphatic rings. The van der Waals surface area contributed by atoms with Gasteiger partial charge in [0.15, 0.2) is 6.04 Å². The van der Waals surface area contributed by atoms with Crippen molar-refractivity contribution in [2.75, 3.05) is 12.4 Å². The first-order chi connectivity index (χ1) is 14.9. The largest absolute Gasteiger partial charge is 0.497 e. The molecule has 162 valence electrons. The van der Waals surface area contributed by atoms with Crippen molar-refractivity contribution in [3.05, 3.63) is 77.5 Å². The van der Waals surface area contributed by atoms with E-state index in [1.54, 1.807) is 61.7 Å². The minimum Gasteiger partial charge on any atom is -0.497 e. The third-order valence-electron chi connectivity index (χ3n) is 5.30. The Kier molecular flexibility index (Phi) is 5.58. The number of nitrogens with zero attached hydrogens (tertiary/aromatic N) is 2.